The molecule has 1 N–H and O–H groups in total. The zero-order valence-electron chi connectivity index (χ0n) is 26.7. The van der Waals surface area contributed by atoms with Gasteiger partial charge in [0.15, 0.2) is 0 Å². The van der Waals surface area contributed by atoms with Gasteiger partial charge in [0.25, 0.3) is 0 Å². The number of ether oxygens (including phenoxy) is 1. The molecule has 0 aromatic rings. The summed E-state index contributed by atoms with van der Waals surface area (Å²) in [5.41, 5.74) is 0. The van der Waals surface area contributed by atoms with E-state index in [-0.39, 0.29) is 12.1 Å². The van der Waals surface area contributed by atoms with Crippen molar-refractivity contribution in [3.63, 3.8) is 0 Å². The Hall–Kier alpha value is -1.58. The maximum absolute atomic E-state index is 12.1. The second kappa shape index (κ2) is 31.9. The van der Waals surface area contributed by atoms with Gasteiger partial charge in [-0.2, -0.15) is 0 Å². The first kappa shape index (κ1) is 38.4. The zero-order valence-corrected chi connectivity index (χ0v) is 26.7. The SMILES string of the molecule is CCCCC/C=C\C/C=C\CCCCCCCCCC(=O)OC(C)CCCCCCCCCCCCCC(=O)O. The van der Waals surface area contributed by atoms with E-state index in [0.717, 1.165) is 44.9 Å². The average Bonchev–Trinajstić information content (AvgIpc) is 2.92. The summed E-state index contributed by atoms with van der Waals surface area (Å²) >= 11 is 0. The van der Waals surface area contributed by atoms with Gasteiger partial charge in [0.2, 0.25) is 0 Å². The van der Waals surface area contributed by atoms with Crippen LogP contribution < -0.4 is 0 Å². The maximum atomic E-state index is 12.1. The number of hydrogen-bond donors (Lipinski definition) is 1. The van der Waals surface area contributed by atoms with Crippen LogP contribution in [0.1, 0.15) is 187 Å². The number of rotatable bonds is 31. The number of unbranched alkanes of at least 4 members (excludes halogenated alkanes) is 20. The second-order valence-corrected chi connectivity index (χ2v) is 11.8. The predicted molar refractivity (Wildman–Crippen MR) is 172 cm³/mol. The van der Waals surface area contributed by atoms with E-state index in [1.807, 2.05) is 6.92 Å². The highest BCUT2D eigenvalue weighted by molar-refractivity contribution is 5.69. The van der Waals surface area contributed by atoms with Crippen molar-refractivity contribution in [3.8, 4) is 0 Å². The third kappa shape index (κ3) is 32.6. The molecule has 1 atom stereocenters. The van der Waals surface area contributed by atoms with Crippen LogP contribution in [0.25, 0.3) is 0 Å². The fourth-order valence-corrected chi connectivity index (χ4v) is 5.08. The minimum absolute atomic E-state index is 0.0157. The third-order valence-corrected chi connectivity index (χ3v) is 7.67. The van der Waals surface area contributed by atoms with Crippen molar-refractivity contribution in [2.75, 3.05) is 0 Å². The summed E-state index contributed by atoms with van der Waals surface area (Å²) in [7, 11) is 0. The summed E-state index contributed by atoms with van der Waals surface area (Å²) in [6.07, 6.45) is 40.2. The van der Waals surface area contributed by atoms with Gasteiger partial charge in [0.1, 0.15) is 0 Å². The highest BCUT2D eigenvalue weighted by Gasteiger charge is 2.09. The van der Waals surface area contributed by atoms with Gasteiger partial charge in [-0.15, -0.1) is 0 Å². The van der Waals surface area contributed by atoms with Gasteiger partial charge < -0.3 is 9.84 Å². The molecule has 0 amide bonds. The first-order chi connectivity index (χ1) is 19.6. The molecule has 0 aromatic carbocycles. The Morgan fingerprint density at radius 3 is 1.50 bits per heavy atom. The number of hydrogen-bond acceptors (Lipinski definition) is 3. The van der Waals surface area contributed by atoms with Crippen molar-refractivity contribution in [3.05, 3.63) is 24.3 Å². The largest absolute Gasteiger partial charge is 0.481 e. The second-order valence-electron chi connectivity index (χ2n) is 11.8. The van der Waals surface area contributed by atoms with E-state index < -0.39 is 5.97 Å². The standard InChI is InChI=1S/C36H66O4/c1-3-4-5-6-7-8-9-10-11-12-13-14-18-21-24-27-30-33-36(39)40-34(2)31-28-25-22-19-16-15-17-20-23-26-29-32-35(37)38/h7-8,10-11,34H,3-6,9,12-33H2,1-2H3,(H,37,38)/b8-7-,11-10-. The fourth-order valence-electron chi connectivity index (χ4n) is 5.08. The normalized spacial score (nSPS) is 12.4. The molecule has 40 heavy (non-hydrogen) atoms. The highest BCUT2D eigenvalue weighted by Crippen LogP contribution is 2.15. The molecule has 0 spiro atoms. The number of allylic oxidation sites excluding steroid dienone is 4. The lowest BCUT2D eigenvalue weighted by atomic mass is 10.0. The lowest BCUT2D eigenvalue weighted by Crippen LogP contribution is -2.14. The van der Waals surface area contributed by atoms with Gasteiger partial charge in [-0.25, -0.2) is 0 Å². The van der Waals surface area contributed by atoms with Gasteiger partial charge in [-0.3, -0.25) is 9.59 Å². The van der Waals surface area contributed by atoms with Gasteiger partial charge in [-0.1, -0.05) is 134 Å². The van der Waals surface area contributed by atoms with Crippen LogP contribution in [0.4, 0.5) is 0 Å². The monoisotopic (exact) mass is 562 g/mol. The molecule has 4 nitrogen and oxygen atoms in total. The average molecular weight is 563 g/mol. The summed E-state index contributed by atoms with van der Waals surface area (Å²) < 4.78 is 5.61. The van der Waals surface area contributed by atoms with Crippen LogP contribution in [0, 0.1) is 0 Å². The molecule has 4 heteroatoms. The molecule has 234 valence electrons. The summed E-state index contributed by atoms with van der Waals surface area (Å²) in [5.74, 6) is -0.691. The van der Waals surface area contributed by atoms with Crippen molar-refractivity contribution in [1.29, 1.82) is 0 Å². The molecule has 0 aliphatic carbocycles. The lowest BCUT2D eigenvalue weighted by molar-refractivity contribution is -0.148. The minimum Gasteiger partial charge on any atom is -0.481 e. The van der Waals surface area contributed by atoms with Gasteiger partial charge in [0.05, 0.1) is 6.10 Å². The molecule has 0 heterocycles. The third-order valence-electron chi connectivity index (χ3n) is 7.67. The van der Waals surface area contributed by atoms with Gasteiger partial charge in [0, 0.05) is 12.8 Å². The topological polar surface area (TPSA) is 63.6 Å². The molecule has 0 bridgehead atoms. The molecule has 0 aliphatic heterocycles. The Kier molecular flexibility index (Phi) is 30.7. The molecule has 0 aliphatic rings. The summed E-state index contributed by atoms with van der Waals surface area (Å²) in [4.78, 5) is 22.6. The summed E-state index contributed by atoms with van der Waals surface area (Å²) in [6, 6.07) is 0. The van der Waals surface area contributed by atoms with Crippen LogP contribution in [0.2, 0.25) is 0 Å². The van der Waals surface area contributed by atoms with Crippen LogP contribution >= 0.6 is 0 Å². The van der Waals surface area contributed by atoms with Crippen LogP contribution in [0.5, 0.6) is 0 Å². The first-order valence-corrected chi connectivity index (χ1v) is 17.3. The van der Waals surface area contributed by atoms with E-state index in [9.17, 15) is 9.59 Å². The molecule has 0 aromatic heterocycles. The van der Waals surface area contributed by atoms with Crippen molar-refractivity contribution in [2.45, 2.75) is 193 Å². The molecular formula is C36H66O4. The molecule has 0 fully saturated rings. The van der Waals surface area contributed by atoms with E-state index in [0.29, 0.717) is 12.8 Å². The molecular weight excluding hydrogens is 496 g/mol. The number of esters is 1. The number of carboxylic acid groups (broad SMARTS) is 1. The Bertz CT molecular complexity index is 610. The van der Waals surface area contributed by atoms with Crippen molar-refractivity contribution in [2.24, 2.45) is 0 Å². The Morgan fingerprint density at radius 2 is 1.00 bits per heavy atom. The quantitative estimate of drug-likeness (QED) is 0.0518. The van der Waals surface area contributed by atoms with Gasteiger partial charge in [-0.05, 0) is 64.7 Å². The van der Waals surface area contributed by atoms with Crippen LogP contribution in [0.15, 0.2) is 24.3 Å². The number of carbonyl (C=O) groups excluding carboxylic acids is 1. The molecule has 0 radical (unpaired) electrons. The highest BCUT2D eigenvalue weighted by atomic mass is 16.5. The number of carboxylic acids is 1. The van der Waals surface area contributed by atoms with Crippen molar-refractivity contribution >= 4 is 11.9 Å². The van der Waals surface area contributed by atoms with E-state index >= 15 is 0 Å². The predicted octanol–water partition coefficient (Wildman–Crippen LogP) is 11.7. The molecule has 1 unspecified atom stereocenters. The number of carbonyl (C=O) groups is 2. The smallest absolute Gasteiger partial charge is 0.306 e. The van der Waals surface area contributed by atoms with E-state index in [4.69, 9.17) is 9.84 Å². The first-order valence-electron chi connectivity index (χ1n) is 17.3. The van der Waals surface area contributed by atoms with Crippen LogP contribution in [-0.4, -0.2) is 23.1 Å². The number of aliphatic carboxylic acids is 1. The zero-order chi connectivity index (χ0) is 29.4. The summed E-state index contributed by atoms with van der Waals surface area (Å²) in [5, 5.41) is 8.63. The van der Waals surface area contributed by atoms with E-state index in [1.54, 1.807) is 0 Å². The lowest BCUT2D eigenvalue weighted by Gasteiger charge is -2.13. The maximum Gasteiger partial charge on any atom is 0.306 e. The van der Waals surface area contributed by atoms with Crippen LogP contribution in [0.3, 0.4) is 0 Å². The van der Waals surface area contributed by atoms with Gasteiger partial charge >= 0.3 is 11.9 Å². The molecule has 0 rings (SSSR count). The Morgan fingerprint density at radius 1 is 0.575 bits per heavy atom. The molecule has 0 saturated carbocycles. The van der Waals surface area contributed by atoms with Crippen molar-refractivity contribution < 1.29 is 19.4 Å². The Balaban J connectivity index is 3.35. The van der Waals surface area contributed by atoms with Crippen LogP contribution in [-0.2, 0) is 14.3 Å². The fraction of sp³-hybridized carbons (Fsp3) is 0.833. The Labute approximate surface area is 248 Å². The van der Waals surface area contributed by atoms with E-state index in [2.05, 4.69) is 31.2 Å². The minimum atomic E-state index is -0.675. The van der Waals surface area contributed by atoms with E-state index in [1.165, 1.54) is 116 Å². The summed E-state index contributed by atoms with van der Waals surface area (Å²) in [6.45, 7) is 4.29. The molecule has 0 saturated heterocycles. The van der Waals surface area contributed by atoms with Crippen molar-refractivity contribution in [1.82, 2.24) is 0 Å².